The average Bonchev–Trinajstić information content (AvgIpc) is 2.63. The van der Waals surface area contributed by atoms with Crippen molar-refractivity contribution >= 4 is 5.91 Å². The number of rotatable bonds is 5. The molecule has 3 N–H and O–H groups in total. The SMILES string of the molecule is CC1(C(=O)N(CCCO)C2CCC2)COCC1N. The molecular formula is C13H24N2O3. The molecule has 2 rings (SSSR count). The minimum atomic E-state index is -0.592. The molecule has 1 saturated carbocycles. The largest absolute Gasteiger partial charge is 0.396 e. The first-order valence-corrected chi connectivity index (χ1v) is 6.85. The van der Waals surface area contributed by atoms with Crippen LogP contribution in [0, 0.1) is 5.41 Å². The Morgan fingerprint density at radius 3 is 2.72 bits per heavy atom. The highest BCUT2D eigenvalue weighted by atomic mass is 16.5. The van der Waals surface area contributed by atoms with Gasteiger partial charge in [0.05, 0.1) is 18.6 Å². The maximum atomic E-state index is 12.7. The molecule has 1 amide bonds. The Kier molecular flexibility index (Phi) is 4.25. The van der Waals surface area contributed by atoms with E-state index < -0.39 is 5.41 Å². The predicted octanol–water partition coefficient (Wildman–Crippen LogP) is 0.114. The first kappa shape index (κ1) is 13.8. The third kappa shape index (κ3) is 2.39. The second-order valence-electron chi connectivity index (χ2n) is 5.70. The molecule has 104 valence electrons. The summed E-state index contributed by atoms with van der Waals surface area (Å²) in [6.07, 6.45) is 3.97. The van der Waals surface area contributed by atoms with Crippen molar-refractivity contribution in [3.63, 3.8) is 0 Å². The Morgan fingerprint density at radius 1 is 1.56 bits per heavy atom. The van der Waals surface area contributed by atoms with Crippen LogP contribution in [-0.2, 0) is 9.53 Å². The van der Waals surface area contributed by atoms with E-state index >= 15 is 0 Å². The van der Waals surface area contributed by atoms with Crippen LogP contribution >= 0.6 is 0 Å². The highest BCUT2D eigenvalue weighted by molar-refractivity contribution is 5.84. The van der Waals surface area contributed by atoms with Crippen LogP contribution in [0.25, 0.3) is 0 Å². The average molecular weight is 256 g/mol. The lowest BCUT2D eigenvalue weighted by Gasteiger charge is -2.42. The van der Waals surface area contributed by atoms with Crippen molar-refractivity contribution in [2.45, 2.75) is 44.7 Å². The molecule has 0 bridgehead atoms. The Hall–Kier alpha value is -0.650. The fourth-order valence-corrected chi connectivity index (χ4v) is 2.63. The normalized spacial score (nSPS) is 32.3. The summed E-state index contributed by atoms with van der Waals surface area (Å²) in [6.45, 7) is 3.52. The smallest absolute Gasteiger partial charge is 0.232 e. The highest BCUT2D eigenvalue weighted by Crippen LogP contribution is 2.34. The zero-order valence-corrected chi connectivity index (χ0v) is 11.1. The Labute approximate surface area is 108 Å². The van der Waals surface area contributed by atoms with Crippen LogP contribution in [0.15, 0.2) is 0 Å². The molecule has 2 atom stereocenters. The molecule has 2 unspecified atom stereocenters. The van der Waals surface area contributed by atoms with Crippen LogP contribution in [0.3, 0.4) is 0 Å². The second kappa shape index (κ2) is 5.55. The summed E-state index contributed by atoms with van der Waals surface area (Å²) in [5.74, 6) is 0.102. The van der Waals surface area contributed by atoms with E-state index in [4.69, 9.17) is 15.6 Å². The van der Waals surface area contributed by atoms with E-state index in [1.54, 1.807) is 0 Å². The van der Waals surface area contributed by atoms with E-state index in [9.17, 15) is 4.79 Å². The number of hydrogen-bond donors (Lipinski definition) is 2. The number of ether oxygens (including phenoxy) is 1. The van der Waals surface area contributed by atoms with Crippen molar-refractivity contribution in [2.24, 2.45) is 11.1 Å². The van der Waals surface area contributed by atoms with E-state index in [0.717, 1.165) is 12.8 Å². The lowest BCUT2D eigenvalue weighted by molar-refractivity contribution is -0.146. The van der Waals surface area contributed by atoms with Gasteiger partial charge in [-0.2, -0.15) is 0 Å². The standard InChI is InChI=1S/C13H24N2O3/c1-13(9-18-8-11(13)14)12(17)15(6-3-7-16)10-4-2-5-10/h10-11,16H,2-9,14H2,1H3. The van der Waals surface area contributed by atoms with Crippen molar-refractivity contribution in [3.05, 3.63) is 0 Å². The maximum Gasteiger partial charge on any atom is 0.232 e. The molecule has 0 aromatic heterocycles. The van der Waals surface area contributed by atoms with Crippen molar-refractivity contribution in [3.8, 4) is 0 Å². The zero-order valence-electron chi connectivity index (χ0n) is 11.1. The van der Waals surface area contributed by atoms with Crippen molar-refractivity contribution in [2.75, 3.05) is 26.4 Å². The summed E-state index contributed by atoms with van der Waals surface area (Å²) in [6, 6.07) is 0.121. The fourth-order valence-electron chi connectivity index (χ4n) is 2.63. The van der Waals surface area contributed by atoms with Crippen LogP contribution in [0.2, 0.25) is 0 Å². The van der Waals surface area contributed by atoms with E-state index in [1.807, 2.05) is 11.8 Å². The molecule has 1 heterocycles. The molecule has 1 aliphatic carbocycles. The van der Waals surface area contributed by atoms with Gasteiger partial charge in [0.15, 0.2) is 0 Å². The summed E-state index contributed by atoms with van der Waals surface area (Å²) >= 11 is 0. The number of nitrogens with zero attached hydrogens (tertiary/aromatic N) is 1. The van der Waals surface area contributed by atoms with E-state index in [2.05, 4.69) is 0 Å². The summed E-state index contributed by atoms with van der Waals surface area (Å²) in [7, 11) is 0. The quantitative estimate of drug-likeness (QED) is 0.732. The highest BCUT2D eigenvalue weighted by Gasteiger charge is 2.47. The minimum Gasteiger partial charge on any atom is -0.396 e. The Morgan fingerprint density at radius 2 is 2.28 bits per heavy atom. The van der Waals surface area contributed by atoms with Gasteiger partial charge in [0.1, 0.15) is 0 Å². The monoisotopic (exact) mass is 256 g/mol. The molecule has 2 fully saturated rings. The molecule has 1 aliphatic heterocycles. The minimum absolute atomic E-state index is 0.102. The third-order valence-electron chi connectivity index (χ3n) is 4.34. The van der Waals surface area contributed by atoms with E-state index in [0.29, 0.717) is 32.2 Å². The molecule has 0 spiro atoms. The lowest BCUT2D eigenvalue weighted by Crippen LogP contribution is -2.56. The van der Waals surface area contributed by atoms with Crippen LogP contribution in [0.4, 0.5) is 0 Å². The molecule has 5 nitrogen and oxygen atoms in total. The lowest BCUT2D eigenvalue weighted by atomic mass is 9.82. The zero-order chi connectivity index (χ0) is 13.2. The van der Waals surface area contributed by atoms with Crippen molar-refractivity contribution in [1.29, 1.82) is 0 Å². The maximum absolute atomic E-state index is 12.7. The van der Waals surface area contributed by atoms with Crippen LogP contribution < -0.4 is 5.73 Å². The Bertz CT molecular complexity index is 307. The third-order valence-corrected chi connectivity index (χ3v) is 4.34. The summed E-state index contributed by atoms with van der Waals surface area (Å²) in [5.41, 5.74) is 5.43. The Balaban J connectivity index is 2.06. The van der Waals surface area contributed by atoms with Gasteiger partial charge in [-0.1, -0.05) is 0 Å². The number of amides is 1. The number of hydrogen-bond acceptors (Lipinski definition) is 4. The molecule has 0 aromatic carbocycles. The molecule has 2 aliphatic rings. The van der Waals surface area contributed by atoms with Gasteiger partial charge in [-0.3, -0.25) is 4.79 Å². The van der Waals surface area contributed by atoms with Crippen LogP contribution in [0.5, 0.6) is 0 Å². The number of carbonyl (C=O) groups excluding carboxylic acids is 1. The molecular weight excluding hydrogens is 232 g/mol. The topological polar surface area (TPSA) is 75.8 Å². The van der Waals surface area contributed by atoms with E-state index in [1.165, 1.54) is 6.42 Å². The molecule has 0 radical (unpaired) electrons. The first-order valence-electron chi connectivity index (χ1n) is 6.85. The summed E-state index contributed by atoms with van der Waals surface area (Å²) in [5, 5.41) is 8.96. The second-order valence-corrected chi connectivity index (χ2v) is 5.70. The van der Waals surface area contributed by atoms with E-state index in [-0.39, 0.29) is 18.6 Å². The van der Waals surface area contributed by atoms with Gasteiger partial charge >= 0.3 is 0 Å². The number of aliphatic hydroxyl groups excluding tert-OH is 1. The van der Waals surface area contributed by atoms with Crippen molar-refractivity contribution < 1.29 is 14.6 Å². The van der Waals surface area contributed by atoms with Gasteiger partial charge < -0.3 is 20.5 Å². The summed E-state index contributed by atoms with van der Waals surface area (Å²) in [4.78, 5) is 14.6. The summed E-state index contributed by atoms with van der Waals surface area (Å²) < 4.78 is 5.36. The van der Waals surface area contributed by atoms with Crippen molar-refractivity contribution in [1.82, 2.24) is 4.90 Å². The van der Waals surface area contributed by atoms with Gasteiger partial charge in [0.2, 0.25) is 5.91 Å². The molecule has 5 heteroatoms. The molecule has 0 aromatic rings. The number of carbonyl (C=O) groups is 1. The van der Waals surface area contributed by atoms with Gasteiger partial charge in [-0.15, -0.1) is 0 Å². The van der Waals surface area contributed by atoms with Crippen LogP contribution in [0.1, 0.15) is 32.6 Å². The van der Waals surface area contributed by atoms with Gasteiger partial charge in [0.25, 0.3) is 0 Å². The van der Waals surface area contributed by atoms with Gasteiger partial charge in [-0.25, -0.2) is 0 Å². The number of aliphatic hydroxyl groups is 1. The predicted molar refractivity (Wildman–Crippen MR) is 68.0 cm³/mol. The van der Waals surface area contributed by atoms with Crippen LogP contribution in [-0.4, -0.2) is 54.4 Å². The fraction of sp³-hybridized carbons (Fsp3) is 0.923. The first-order chi connectivity index (χ1) is 8.59. The molecule has 18 heavy (non-hydrogen) atoms. The molecule has 1 saturated heterocycles. The number of nitrogens with two attached hydrogens (primary N) is 1. The van der Waals surface area contributed by atoms with Gasteiger partial charge in [-0.05, 0) is 32.6 Å². The van der Waals surface area contributed by atoms with Gasteiger partial charge in [0, 0.05) is 25.2 Å².